The summed E-state index contributed by atoms with van der Waals surface area (Å²) in [5.74, 6) is 0. The van der Waals surface area contributed by atoms with Gasteiger partial charge in [-0.05, 0) is 71.3 Å². The average Bonchev–Trinajstić information content (AvgIpc) is 3.41. The molecule has 0 radical (unpaired) electrons. The molecule has 1 fully saturated rings. The van der Waals surface area contributed by atoms with Crippen molar-refractivity contribution in [3.8, 4) is 0 Å². The van der Waals surface area contributed by atoms with E-state index in [9.17, 15) is 0 Å². The molecule has 4 heterocycles. The first-order valence-corrected chi connectivity index (χ1v) is 10.5. The largest absolute Gasteiger partial charge is 0.352 e. The number of pyridine rings is 1. The summed E-state index contributed by atoms with van der Waals surface area (Å²) in [6.07, 6.45) is 6.30. The molecule has 158 valence electrons. The summed E-state index contributed by atoms with van der Waals surface area (Å²) in [6.45, 7) is 6.13. The van der Waals surface area contributed by atoms with Crippen molar-refractivity contribution < 1.29 is 0 Å². The third-order valence-corrected chi connectivity index (χ3v) is 5.94. The molecule has 0 spiro atoms. The second-order valence-corrected chi connectivity index (χ2v) is 8.34. The maximum absolute atomic E-state index is 5.78. The monoisotopic (exact) mass is 424 g/mol. The van der Waals surface area contributed by atoms with Gasteiger partial charge in [-0.15, -0.1) is 10.2 Å². The van der Waals surface area contributed by atoms with Crippen LogP contribution in [0.4, 0.5) is 0 Å². The lowest BCUT2D eigenvalue weighted by Crippen LogP contribution is -2.32. The van der Waals surface area contributed by atoms with Crippen molar-refractivity contribution >= 4 is 17.3 Å². The summed E-state index contributed by atoms with van der Waals surface area (Å²) in [5, 5.41) is 12.3. The average molecular weight is 425 g/mol. The van der Waals surface area contributed by atoms with Crippen LogP contribution in [0.1, 0.15) is 41.1 Å². The quantitative estimate of drug-likeness (QED) is 0.584. The summed E-state index contributed by atoms with van der Waals surface area (Å²) in [7, 11) is 4.20. The second kappa shape index (κ2) is 8.53. The van der Waals surface area contributed by atoms with Gasteiger partial charge in [-0.25, -0.2) is 4.68 Å². The fraction of sp³-hybridized carbons (Fsp3) is 0.429. The van der Waals surface area contributed by atoms with E-state index in [4.69, 9.17) is 12.2 Å². The van der Waals surface area contributed by atoms with E-state index in [0.717, 1.165) is 41.7 Å². The van der Waals surface area contributed by atoms with Crippen molar-refractivity contribution in [2.24, 2.45) is 0 Å². The molecule has 0 unspecified atom stereocenters. The van der Waals surface area contributed by atoms with Crippen LogP contribution in [-0.4, -0.2) is 66.6 Å². The van der Waals surface area contributed by atoms with Gasteiger partial charge in [0.05, 0.1) is 17.8 Å². The molecule has 0 aliphatic carbocycles. The van der Waals surface area contributed by atoms with Crippen LogP contribution in [0.2, 0.25) is 0 Å². The summed E-state index contributed by atoms with van der Waals surface area (Å²) in [6, 6.07) is 8.33. The molecule has 2 atom stereocenters. The van der Waals surface area contributed by atoms with E-state index in [2.05, 4.69) is 75.0 Å². The van der Waals surface area contributed by atoms with Gasteiger partial charge in [0.15, 0.2) is 5.11 Å². The van der Waals surface area contributed by atoms with Crippen LogP contribution in [-0.2, 0) is 0 Å². The smallest absolute Gasteiger partial charge is 0.170 e. The summed E-state index contributed by atoms with van der Waals surface area (Å²) in [5.41, 5.74) is 4.48. The Morgan fingerprint density at radius 3 is 2.60 bits per heavy atom. The molecule has 1 saturated heterocycles. The Labute approximate surface area is 182 Å². The molecular formula is C21H28N8S. The van der Waals surface area contributed by atoms with Crippen LogP contribution in [0, 0.1) is 13.8 Å². The molecule has 0 amide bonds. The van der Waals surface area contributed by atoms with Crippen molar-refractivity contribution in [3.05, 3.63) is 65.8 Å². The zero-order valence-corrected chi connectivity index (χ0v) is 18.7. The number of aryl methyl sites for hydroxylation is 1. The molecule has 8 nitrogen and oxygen atoms in total. The van der Waals surface area contributed by atoms with Gasteiger partial charge in [-0.3, -0.25) is 9.66 Å². The van der Waals surface area contributed by atoms with Crippen molar-refractivity contribution in [3.63, 3.8) is 0 Å². The number of nitrogens with one attached hydrogen (secondary N) is 1. The van der Waals surface area contributed by atoms with E-state index in [1.807, 2.05) is 23.0 Å². The first-order valence-electron chi connectivity index (χ1n) is 10.1. The molecule has 3 aromatic heterocycles. The van der Waals surface area contributed by atoms with E-state index in [1.165, 1.54) is 5.56 Å². The third kappa shape index (κ3) is 3.82. The highest BCUT2D eigenvalue weighted by Crippen LogP contribution is 2.40. The van der Waals surface area contributed by atoms with Crippen LogP contribution >= 0.6 is 12.2 Å². The zero-order valence-electron chi connectivity index (χ0n) is 17.9. The Kier molecular flexibility index (Phi) is 5.83. The predicted octanol–water partition coefficient (Wildman–Crippen LogP) is 2.33. The maximum atomic E-state index is 5.78. The van der Waals surface area contributed by atoms with Crippen LogP contribution in [0.3, 0.4) is 0 Å². The van der Waals surface area contributed by atoms with Gasteiger partial charge in [0, 0.05) is 29.7 Å². The Balaban J connectivity index is 1.75. The van der Waals surface area contributed by atoms with Gasteiger partial charge in [0.2, 0.25) is 0 Å². The number of nitrogens with zero attached hydrogens (tertiary/aromatic N) is 7. The van der Waals surface area contributed by atoms with Crippen LogP contribution < -0.4 is 5.32 Å². The van der Waals surface area contributed by atoms with Gasteiger partial charge in [0.1, 0.15) is 12.7 Å². The normalized spacial score (nSPS) is 19.0. The highest BCUT2D eigenvalue weighted by atomic mass is 32.1. The molecule has 1 aliphatic rings. The van der Waals surface area contributed by atoms with Crippen LogP contribution in [0.5, 0.6) is 0 Å². The lowest BCUT2D eigenvalue weighted by Gasteiger charge is -2.28. The molecule has 4 rings (SSSR count). The number of aromatic nitrogens is 5. The van der Waals surface area contributed by atoms with Gasteiger partial charge in [0.25, 0.3) is 0 Å². The van der Waals surface area contributed by atoms with E-state index < -0.39 is 0 Å². The molecule has 1 N–H and O–H groups in total. The van der Waals surface area contributed by atoms with Gasteiger partial charge < -0.3 is 15.1 Å². The van der Waals surface area contributed by atoms with Crippen molar-refractivity contribution in [1.82, 2.24) is 39.7 Å². The third-order valence-electron chi connectivity index (χ3n) is 5.59. The van der Waals surface area contributed by atoms with E-state index >= 15 is 0 Å². The molecule has 0 bridgehead atoms. The van der Waals surface area contributed by atoms with Gasteiger partial charge in [-0.2, -0.15) is 0 Å². The molecule has 3 aromatic rings. The van der Waals surface area contributed by atoms with E-state index in [0.29, 0.717) is 0 Å². The fourth-order valence-corrected chi connectivity index (χ4v) is 4.60. The summed E-state index contributed by atoms with van der Waals surface area (Å²) < 4.78 is 4.03. The Bertz CT molecular complexity index is 996. The Morgan fingerprint density at radius 1 is 1.17 bits per heavy atom. The fourth-order valence-electron chi connectivity index (χ4n) is 4.27. The van der Waals surface area contributed by atoms with E-state index in [-0.39, 0.29) is 12.1 Å². The number of thiocarbonyl (C=S) groups is 1. The van der Waals surface area contributed by atoms with Crippen molar-refractivity contribution in [2.45, 2.75) is 32.4 Å². The maximum Gasteiger partial charge on any atom is 0.170 e. The molecule has 30 heavy (non-hydrogen) atoms. The number of rotatable bonds is 7. The molecule has 0 aromatic carbocycles. The molecule has 9 heteroatoms. The number of hydrogen-bond donors (Lipinski definition) is 1. The van der Waals surface area contributed by atoms with E-state index in [1.54, 1.807) is 12.7 Å². The van der Waals surface area contributed by atoms with Crippen molar-refractivity contribution in [2.75, 3.05) is 27.2 Å². The highest BCUT2D eigenvalue weighted by molar-refractivity contribution is 7.80. The van der Waals surface area contributed by atoms with Crippen LogP contribution in [0.25, 0.3) is 0 Å². The standard InChI is InChI=1S/C21H28N8S/c1-15-12-17(16(2)29(15)27-13-23-24-14-27)20-19(18-8-5-6-9-22-18)25-21(30)28(20)11-7-10-26(3)4/h5-6,8-9,12-14,19-20H,7,10-11H2,1-4H3,(H,25,30)/t19-,20+/m0/s1. The highest BCUT2D eigenvalue weighted by Gasteiger charge is 2.41. The van der Waals surface area contributed by atoms with Gasteiger partial charge >= 0.3 is 0 Å². The first kappa shape index (κ1) is 20.5. The molecular weight excluding hydrogens is 396 g/mol. The van der Waals surface area contributed by atoms with Crippen LogP contribution in [0.15, 0.2) is 43.1 Å². The molecule has 1 aliphatic heterocycles. The lowest BCUT2D eigenvalue weighted by molar-refractivity contribution is 0.292. The molecule has 0 saturated carbocycles. The Morgan fingerprint density at radius 2 is 1.93 bits per heavy atom. The second-order valence-electron chi connectivity index (χ2n) is 7.96. The first-order chi connectivity index (χ1) is 14.5. The summed E-state index contributed by atoms with van der Waals surface area (Å²) in [4.78, 5) is 9.15. The predicted molar refractivity (Wildman–Crippen MR) is 120 cm³/mol. The van der Waals surface area contributed by atoms with Crippen molar-refractivity contribution in [1.29, 1.82) is 0 Å². The SMILES string of the molecule is Cc1cc([C@@H]2[C@H](c3ccccn3)NC(=S)N2CCCN(C)C)c(C)n1-n1cnnc1. The lowest BCUT2D eigenvalue weighted by atomic mass is 9.96. The Hall–Kier alpha value is -2.78. The topological polar surface area (TPSA) is 67.0 Å². The number of hydrogen-bond acceptors (Lipinski definition) is 5. The minimum atomic E-state index is -0.00656. The minimum Gasteiger partial charge on any atom is -0.352 e. The minimum absolute atomic E-state index is 0.00656. The summed E-state index contributed by atoms with van der Waals surface area (Å²) >= 11 is 5.78. The van der Waals surface area contributed by atoms with Gasteiger partial charge in [-0.1, -0.05) is 6.07 Å². The zero-order chi connectivity index (χ0) is 21.3.